The van der Waals surface area contributed by atoms with Crippen LogP contribution in [-0.4, -0.2) is 22.8 Å². The van der Waals surface area contributed by atoms with Crippen molar-refractivity contribution >= 4 is 28.9 Å². The van der Waals surface area contributed by atoms with E-state index in [-0.39, 0.29) is 5.78 Å². The Labute approximate surface area is 144 Å². The maximum absolute atomic E-state index is 12.3. The molecule has 0 unspecified atom stereocenters. The Hall–Kier alpha value is -3.21. The smallest absolute Gasteiger partial charge is 0.331 e. The van der Waals surface area contributed by atoms with Gasteiger partial charge in [-0.25, -0.2) is 9.78 Å². The Morgan fingerprint density at radius 3 is 2.56 bits per heavy atom. The van der Waals surface area contributed by atoms with Crippen molar-refractivity contribution < 1.29 is 18.7 Å². The molecule has 0 saturated carbocycles. The highest BCUT2D eigenvalue weighted by molar-refractivity contribution is 6.01. The number of para-hydroxylation sites is 2. The molecule has 0 N–H and O–H groups in total. The molecule has 0 amide bonds. The lowest BCUT2D eigenvalue weighted by Gasteiger charge is -2.10. The van der Waals surface area contributed by atoms with Crippen LogP contribution in [0.25, 0.3) is 17.2 Å². The molecular formula is C20H17NO4. The van der Waals surface area contributed by atoms with Crippen LogP contribution < -0.4 is 0 Å². The van der Waals surface area contributed by atoms with Crippen molar-refractivity contribution in [3.63, 3.8) is 0 Å². The van der Waals surface area contributed by atoms with E-state index < -0.39 is 12.1 Å². The van der Waals surface area contributed by atoms with Crippen molar-refractivity contribution in [2.45, 2.75) is 20.0 Å². The molecule has 1 aromatic heterocycles. The molecule has 0 saturated heterocycles. The number of oxazole rings is 1. The molecule has 126 valence electrons. The zero-order chi connectivity index (χ0) is 17.8. The minimum absolute atomic E-state index is 0.247. The number of carbonyl (C=O) groups is 2. The van der Waals surface area contributed by atoms with Crippen molar-refractivity contribution in [3.05, 3.63) is 71.6 Å². The van der Waals surface area contributed by atoms with Crippen molar-refractivity contribution in [2.75, 3.05) is 0 Å². The first kappa shape index (κ1) is 16.6. The minimum Gasteiger partial charge on any atom is -0.451 e. The van der Waals surface area contributed by atoms with Gasteiger partial charge in [0.25, 0.3) is 0 Å². The SMILES string of the molecule is Cc1ccc(C(=O)[C@@H](C)OC(=O)/C=C/c2nc3ccccc3o2)cc1. The third-order valence-electron chi connectivity index (χ3n) is 3.67. The van der Waals surface area contributed by atoms with Gasteiger partial charge >= 0.3 is 5.97 Å². The summed E-state index contributed by atoms with van der Waals surface area (Å²) in [4.78, 5) is 28.4. The quantitative estimate of drug-likeness (QED) is 0.401. The number of aryl methyl sites for hydroxylation is 1. The zero-order valence-electron chi connectivity index (χ0n) is 13.9. The summed E-state index contributed by atoms with van der Waals surface area (Å²) in [5.74, 6) is -0.575. The van der Waals surface area contributed by atoms with Crippen molar-refractivity contribution in [3.8, 4) is 0 Å². The molecule has 5 nitrogen and oxygen atoms in total. The van der Waals surface area contributed by atoms with Gasteiger partial charge in [-0.2, -0.15) is 0 Å². The number of ether oxygens (including phenoxy) is 1. The predicted octanol–water partition coefficient (Wildman–Crippen LogP) is 3.96. The van der Waals surface area contributed by atoms with E-state index >= 15 is 0 Å². The van der Waals surface area contributed by atoms with E-state index in [9.17, 15) is 9.59 Å². The molecule has 0 aliphatic rings. The molecule has 1 heterocycles. The van der Waals surface area contributed by atoms with Gasteiger partial charge in [0.1, 0.15) is 5.52 Å². The highest BCUT2D eigenvalue weighted by Gasteiger charge is 2.18. The van der Waals surface area contributed by atoms with Gasteiger partial charge < -0.3 is 9.15 Å². The standard InChI is InChI=1S/C20H17NO4/c1-13-7-9-15(10-8-13)20(23)14(2)24-19(22)12-11-18-21-16-5-3-4-6-17(16)25-18/h3-12,14H,1-2H3/b12-11+/t14-/m1/s1. The lowest BCUT2D eigenvalue weighted by atomic mass is 10.1. The molecule has 1 atom stereocenters. The van der Waals surface area contributed by atoms with E-state index in [1.54, 1.807) is 25.1 Å². The molecule has 3 aromatic rings. The van der Waals surface area contributed by atoms with E-state index in [0.29, 0.717) is 22.6 Å². The molecule has 0 aliphatic heterocycles. The monoisotopic (exact) mass is 335 g/mol. The maximum Gasteiger partial charge on any atom is 0.331 e. The number of ketones is 1. The number of rotatable bonds is 5. The second kappa shape index (κ2) is 7.13. The Balaban J connectivity index is 1.63. The van der Waals surface area contributed by atoms with Crippen LogP contribution in [0.2, 0.25) is 0 Å². The first-order chi connectivity index (χ1) is 12.0. The number of fused-ring (bicyclic) bond motifs is 1. The summed E-state index contributed by atoms with van der Waals surface area (Å²) in [6.45, 7) is 3.49. The predicted molar refractivity (Wildman–Crippen MR) is 94.1 cm³/mol. The molecule has 0 fully saturated rings. The van der Waals surface area contributed by atoms with Crippen LogP contribution in [0.1, 0.15) is 28.7 Å². The topological polar surface area (TPSA) is 69.4 Å². The Morgan fingerprint density at radius 1 is 1.12 bits per heavy atom. The summed E-state index contributed by atoms with van der Waals surface area (Å²) in [6, 6.07) is 14.4. The van der Waals surface area contributed by atoms with Gasteiger partial charge in [-0.3, -0.25) is 4.79 Å². The molecule has 0 radical (unpaired) electrons. The minimum atomic E-state index is -0.872. The molecule has 0 spiro atoms. The van der Waals surface area contributed by atoms with E-state index in [1.807, 2.05) is 37.3 Å². The van der Waals surface area contributed by atoms with Gasteiger partial charge in [0.2, 0.25) is 11.7 Å². The van der Waals surface area contributed by atoms with Gasteiger partial charge in [0.15, 0.2) is 11.7 Å². The Bertz CT molecular complexity index is 905. The fourth-order valence-corrected chi connectivity index (χ4v) is 2.32. The normalized spacial score (nSPS) is 12.4. The third kappa shape index (κ3) is 4.01. The maximum atomic E-state index is 12.3. The van der Waals surface area contributed by atoms with Crippen molar-refractivity contribution in [2.24, 2.45) is 0 Å². The van der Waals surface area contributed by atoms with Crippen LogP contribution in [-0.2, 0) is 9.53 Å². The summed E-state index contributed by atoms with van der Waals surface area (Å²) in [5, 5.41) is 0. The number of esters is 1. The Morgan fingerprint density at radius 2 is 1.84 bits per heavy atom. The summed E-state index contributed by atoms with van der Waals surface area (Å²) in [7, 11) is 0. The fourth-order valence-electron chi connectivity index (χ4n) is 2.32. The zero-order valence-corrected chi connectivity index (χ0v) is 13.9. The van der Waals surface area contributed by atoms with Crippen LogP contribution in [0.5, 0.6) is 0 Å². The lowest BCUT2D eigenvalue weighted by Crippen LogP contribution is -2.23. The Kier molecular flexibility index (Phi) is 4.75. The highest BCUT2D eigenvalue weighted by atomic mass is 16.5. The van der Waals surface area contributed by atoms with Gasteiger partial charge in [-0.15, -0.1) is 0 Å². The number of carbonyl (C=O) groups excluding carboxylic acids is 2. The molecular weight excluding hydrogens is 318 g/mol. The fraction of sp³-hybridized carbons (Fsp3) is 0.150. The molecule has 25 heavy (non-hydrogen) atoms. The second-order valence-corrected chi connectivity index (χ2v) is 5.66. The molecule has 3 rings (SSSR count). The third-order valence-corrected chi connectivity index (χ3v) is 3.67. The summed E-state index contributed by atoms with van der Waals surface area (Å²) in [6.07, 6.45) is 1.75. The number of hydrogen-bond acceptors (Lipinski definition) is 5. The number of Topliss-reactive ketones (excluding diaryl/α,β-unsaturated/α-hetero) is 1. The number of benzene rings is 2. The van der Waals surface area contributed by atoms with Crippen molar-refractivity contribution in [1.82, 2.24) is 4.98 Å². The van der Waals surface area contributed by atoms with Crippen LogP contribution >= 0.6 is 0 Å². The van der Waals surface area contributed by atoms with Crippen LogP contribution in [0.4, 0.5) is 0 Å². The second-order valence-electron chi connectivity index (χ2n) is 5.66. The largest absolute Gasteiger partial charge is 0.451 e. The number of aromatic nitrogens is 1. The van der Waals surface area contributed by atoms with Gasteiger partial charge in [0.05, 0.1) is 0 Å². The van der Waals surface area contributed by atoms with Gasteiger partial charge in [-0.1, -0.05) is 42.0 Å². The lowest BCUT2D eigenvalue weighted by molar-refractivity contribution is -0.140. The first-order valence-electron chi connectivity index (χ1n) is 7.88. The molecule has 2 aromatic carbocycles. The van der Waals surface area contributed by atoms with E-state index in [1.165, 1.54) is 12.2 Å². The molecule has 0 bridgehead atoms. The number of hydrogen-bond donors (Lipinski definition) is 0. The van der Waals surface area contributed by atoms with Crippen LogP contribution in [0.3, 0.4) is 0 Å². The molecule has 5 heteroatoms. The highest BCUT2D eigenvalue weighted by Crippen LogP contribution is 2.15. The van der Waals surface area contributed by atoms with Gasteiger partial charge in [0, 0.05) is 17.7 Å². The summed E-state index contributed by atoms with van der Waals surface area (Å²) >= 11 is 0. The van der Waals surface area contributed by atoms with E-state index in [4.69, 9.17) is 9.15 Å². The van der Waals surface area contributed by atoms with E-state index in [0.717, 1.165) is 5.56 Å². The average Bonchev–Trinajstić information content (AvgIpc) is 3.03. The van der Waals surface area contributed by atoms with Gasteiger partial charge in [-0.05, 0) is 26.0 Å². The summed E-state index contributed by atoms with van der Waals surface area (Å²) in [5.41, 5.74) is 2.91. The van der Waals surface area contributed by atoms with E-state index in [2.05, 4.69) is 4.98 Å². The summed E-state index contributed by atoms with van der Waals surface area (Å²) < 4.78 is 10.6. The van der Waals surface area contributed by atoms with Crippen LogP contribution in [0.15, 0.2) is 59.0 Å². The van der Waals surface area contributed by atoms with Crippen LogP contribution in [0, 0.1) is 6.92 Å². The average molecular weight is 335 g/mol. The van der Waals surface area contributed by atoms with Crippen molar-refractivity contribution in [1.29, 1.82) is 0 Å². The molecule has 0 aliphatic carbocycles. The first-order valence-corrected chi connectivity index (χ1v) is 7.88. The number of nitrogens with zero attached hydrogens (tertiary/aromatic N) is 1.